The number of nitrogens with zero attached hydrogens (tertiary/aromatic N) is 2. The van der Waals surface area contributed by atoms with Crippen LogP contribution in [0.4, 0.5) is 0 Å². The molecule has 2 saturated heterocycles. The molecule has 160 valence electrons. The van der Waals surface area contributed by atoms with E-state index in [-0.39, 0.29) is 18.0 Å². The van der Waals surface area contributed by atoms with Crippen molar-refractivity contribution in [2.24, 2.45) is 5.92 Å². The van der Waals surface area contributed by atoms with Crippen LogP contribution >= 0.6 is 0 Å². The summed E-state index contributed by atoms with van der Waals surface area (Å²) in [7, 11) is 0. The quantitative estimate of drug-likeness (QED) is 0.740. The van der Waals surface area contributed by atoms with Gasteiger partial charge in [0, 0.05) is 28.4 Å². The smallest absolute Gasteiger partial charge is 0.270 e. The summed E-state index contributed by atoms with van der Waals surface area (Å²) in [6, 6.07) is 10.9. The van der Waals surface area contributed by atoms with Crippen LogP contribution in [0.3, 0.4) is 0 Å². The summed E-state index contributed by atoms with van der Waals surface area (Å²) in [5.74, 6) is 0.294. The fraction of sp³-hybridized carbons (Fsp3) is 0.478. The van der Waals surface area contributed by atoms with Crippen molar-refractivity contribution in [3.05, 3.63) is 58.9 Å². The first-order chi connectivity index (χ1) is 14.5. The molecule has 2 aliphatic heterocycles. The number of benzene rings is 1. The number of ether oxygens (including phenoxy) is 2. The Kier molecular flexibility index (Phi) is 6.32. The van der Waals surface area contributed by atoms with E-state index in [1.54, 1.807) is 16.8 Å². The van der Waals surface area contributed by atoms with Gasteiger partial charge in [-0.3, -0.25) is 24.6 Å². The minimum absolute atomic E-state index is 0.0741. The average molecular weight is 412 g/mol. The van der Waals surface area contributed by atoms with E-state index >= 15 is 0 Å². The van der Waals surface area contributed by atoms with Gasteiger partial charge in [0.1, 0.15) is 0 Å². The molecule has 3 heterocycles. The largest absolute Gasteiger partial charge is 0.350 e. The number of amides is 1. The maximum absolute atomic E-state index is 13.0. The van der Waals surface area contributed by atoms with Crippen molar-refractivity contribution in [3.63, 3.8) is 0 Å². The zero-order valence-corrected chi connectivity index (χ0v) is 17.6. The van der Waals surface area contributed by atoms with E-state index in [4.69, 9.17) is 9.47 Å². The van der Waals surface area contributed by atoms with E-state index < -0.39 is 0 Å². The van der Waals surface area contributed by atoms with Gasteiger partial charge in [-0.05, 0) is 58.0 Å². The summed E-state index contributed by atoms with van der Waals surface area (Å²) in [5.41, 5.74) is 5.71. The van der Waals surface area contributed by atoms with Crippen LogP contribution in [0.5, 0.6) is 0 Å². The Hall–Kier alpha value is -2.48. The molecule has 0 bridgehead atoms. The van der Waals surface area contributed by atoms with Crippen molar-refractivity contribution in [2.45, 2.75) is 33.0 Å². The van der Waals surface area contributed by atoms with Gasteiger partial charge in [-0.1, -0.05) is 18.2 Å². The molecule has 1 aromatic carbocycles. The van der Waals surface area contributed by atoms with Gasteiger partial charge in [-0.2, -0.15) is 0 Å². The fourth-order valence-corrected chi connectivity index (χ4v) is 4.29. The molecule has 0 atom stereocenters. The lowest BCUT2D eigenvalue weighted by atomic mass is 9.96. The molecule has 1 amide bonds. The Balaban J connectivity index is 1.36. The molecule has 1 aromatic heterocycles. The van der Waals surface area contributed by atoms with Gasteiger partial charge >= 0.3 is 0 Å². The summed E-state index contributed by atoms with van der Waals surface area (Å²) in [5, 5.41) is 0. The zero-order chi connectivity index (χ0) is 21.1. The molecule has 2 aromatic rings. The maximum atomic E-state index is 13.0. The molecule has 2 aliphatic rings. The number of piperidine rings is 1. The van der Waals surface area contributed by atoms with Crippen LogP contribution in [-0.2, 0) is 9.47 Å². The first-order valence-corrected chi connectivity index (χ1v) is 10.6. The van der Waals surface area contributed by atoms with E-state index in [0.717, 1.165) is 37.3 Å². The number of nitrogens with one attached hydrogen (secondary N) is 1. The highest BCUT2D eigenvalue weighted by Crippen LogP contribution is 2.26. The van der Waals surface area contributed by atoms with Crippen molar-refractivity contribution >= 4 is 11.7 Å². The van der Waals surface area contributed by atoms with Gasteiger partial charge in [0.05, 0.1) is 19.8 Å². The summed E-state index contributed by atoms with van der Waals surface area (Å²) in [6.07, 6.45) is 1.88. The number of hydrogen-bond donors (Lipinski definition) is 1. The minimum atomic E-state index is -0.199. The van der Waals surface area contributed by atoms with Crippen molar-refractivity contribution in [1.29, 1.82) is 0 Å². The predicted molar refractivity (Wildman–Crippen MR) is 113 cm³/mol. The van der Waals surface area contributed by atoms with Crippen LogP contribution in [0.2, 0.25) is 0 Å². The number of ketones is 1. The van der Waals surface area contributed by atoms with Crippen LogP contribution in [0.1, 0.15) is 44.9 Å². The molecule has 4 rings (SSSR count). The Morgan fingerprint density at radius 2 is 1.73 bits per heavy atom. The minimum Gasteiger partial charge on any atom is -0.350 e. The first kappa shape index (κ1) is 20.8. The molecule has 7 heteroatoms. The topological polar surface area (TPSA) is 72.8 Å². The summed E-state index contributed by atoms with van der Waals surface area (Å²) >= 11 is 0. The van der Waals surface area contributed by atoms with Crippen molar-refractivity contribution in [2.75, 3.05) is 38.3 Å². The third-order valence-corrected chi connectivity index (χ3v) is 6.01. The van der Waals surface area contributed by atoms with E-state index in [0.29, 0.717) is 36.8 Å². The van der Waals surface area contributed by atoms with E-state index in [2.05, 4.69) is 10.3 Å². The number of carbonyl (C=O) groups excluding carboxylic acids is 2. The number of carbonyl (C=O) groups is 2. The van der Waals surface area contributed by atoms with Gasteiger partial charge in [-0.25, -0.2) is 0 Å². The highest BCUT2D eigenvalue weighted by atomic mass is 16.7. The van der Waals surface area contributed by atoms with Gasteiger partial charge in [0.25, 0.3) is 5.91 Å². The summed E-state index contributed by atoms with van der Waals surface area (Å²) in [6.45, 7) is 7.23. The molecule has 0 radical (unpaired) electrons. The average Bonchev–Trinajstić information content (AvgIpc) is 3.39. The van der Waals surface area contributed by atoms with Crippen LogP contribution in [-0.4, -0.2) is 60.4 Å². The van der Waals surface area contributed by atoms with Gasteiger partial charge in [0.15, 0.2) is 12.1 Å². The Morgan fingerprint density at radius 1 is 1.07 bits per heavy atom. The number of rotatable bonds is 6. The number of Topliss-reactive ketones (excluding diaryl/α,β-unsaturated/α-hetero) is 1. The lowest BCUT2D eigenvalue weighted by Crippen LogP contribution is -2.40. The third-order valence-electron chi connectivity index (χ3n) is 6.01. The summed E-state index contributed by atoms with van der Waals surface area (Å²) < 4.78 is 13.0. The van der Waals surface area contributed by atoms with Crippen LogP contribution in [0, 0.1) is 19.8 Å². The van der Waals surface area contributed by atoms with Gasteiger partial charge in [0.2, 0.25) is 0 Å². The SMILES string of the molecule is Cc1cc(C(=O)CN2CCC(C3OCCO3)CC2)c(C)n1NC(=O)c1ccccc1. The molecule has 1 N–H and O–H groups in total. The lowest BCUT2D eigenvalue weighted by molar-refractivity contribution is -0.0968. The highest BCUT2D eigenvalue weighted by molar-refractivity contribution is 6.01. The maximum Gasteiger partial charge on any atom is 0.270 e. The van der Waals surface area contributed by atoms with Crippen molar-refractivity contribution in [3.8, 4) is 0 Å². The second kappa shape index (κ2) is 9.12. The fourth-order valence-electron chi connectivity index (χ4n) is 4.29. The standard InChI is InChI=1S/C23H29N3O4/c1-16-14-20(17(2)26(16)24-22(28)18-6-4-3-5-7-18)21(27)15-25-10-8-19(9-11-25)23-29-12-13-30-23/h3-7,14,19,23H,8-13,15H2,1-2H3,(H,24,28). The molecular formula is C23H29N3O4. The number of aryl methyl sites for hydroxylation is 1. The lowest BCUT2D eigenvalue weighted by Gasteiger charge is -2.33. The number of aromatic nitrogens is 1. The first-order valence-electron chi connectivity index (χ1n) is 10.6. The second-order valence-electron chi connectivity index (χ2n) is 8.07. The van der Waals surface area contributed by atoms with Gasteiger partial charge in [-0.15, -0.1) is 0 Å². The monoisotopic (exact) mass is 411 g/mol. The molecule has 2 fully saturated rings. The Labute approximate surface area is 176 Å². The number of likely N-dealkylation sites (tertiary alicyclic amines) is 1. The molecule has 7 nitrogen and oxygen atoms in total. The summed E-state index contributed by atoms with van der Waals surface area (Å²) in [4.78, 5) is 27.7. The van der Waals surface area contributed by atoms with Crippen molar-refractivity contribution < 1.29 is 19.1 Å². The Bertz CT molecular complexity index is 895. The predicted octanol–water partition coefficient (Wildman–Crippen LogP) is 2.76. The van der Waals surface area contributed by atoms with Crippen LogP contribution in [0.15, 0.2) is 36.4 Å². The molecular weight excluding hydrogens is 382 g/mol. The zero-order valence-electron chi connectivity index (χ0n) is 17.6. The molecule has 0 spiro atoms. The molecule has 0 saturated carbocycles. The van der Waals surface area contributed by atoms with Gasteiger partial charge < -0.3 is 9.47 Å². The number of hydrogen-bond acceptors (Lipinski definition) is 5. The molecule has 0 aliphatic carbocycles. The van der Waals surface area contributed by atoms with Crippen LogP contribution < -0.4 is 5.43 Å². The van der Waals surface area contributed by atoms with Crippen molar-refractivity contribution in [1.82, 2.24) is 9.58 Å². The van der Waals surface area contributed by atoms with E-state index in [9.17, 15) is 9.59 Å². The Morgan fingerprint density at radius 3 is 2.40 bits per heavy atom. The van der Waals surface area contributed by atoms with E-state index in [1.165, 1.54) is 0 Å². The van der Waals surface area contributed by atoms with Crippen LogP contribution in [0.25, 0.3) is 0 Å². The van der Waals surface area contributed by atoms with E-state index in [1.807, 2.05) is 38.1 Å². The second-order valence-corrected chi connectivity index (χ2v) is 8.07. The third kappa shape index (κ3) is 4.48. The normalized spacial score (nSPS) is 18.6. The molecule has 0 unspecified atom stereocenters. The molecule has 30 heavy (non-hydrogen) atoms. The highest BCUT2D eigenvalue weighted by Gasteiger charge is 2.31.